The predicted octanol–water partition coefficient (Wildman–Crippen LogP) is 4.82. The van der Waals surface area contributed by atoms with E-state index in [9.17, 15) is 4.79 Å². The third kappa shape index (κ3) is 4.76. The van der Waals surface area contributed by atoms with Gasteiger partial charge in [-0.1, -0.05) is 18.9 Å². The first-order valence-corrected chi connectivity index (χ1v) is 13.2. The molecule has 0 bridgehead atoms. The number of nitrogens with zero attached hydrogens (tertiary/aromatic N) is 4. The molecule has 2 aliphatic rings. The Bertz CT molecular complexity index is 1230. The molecule has 2 fully saturated rings. The molecule has 0 atom stereocenters. The maximum Gasteiger partial charge on any atom is 0.237 e. The van der Waals surface area contributed by atoms with Gasteiger partial charge in [0.2, 0.25) is 5.88 Å². The highest BCUT2D eigenvalue weighted by molar-refractivity contribution is 5.95. The molecule has 2 N–H and O–H groups in total. The molecule has 190 valence electrons. The fourth-order valence-electron chi connectivity index (χ4n) is 5.60. The van der Waals surface area contributed by atoms with E-state index in [1.165, 1.54) is 32.4 Å². The van der Waals surface area contributed by atoms with E-state index >= 15 is 0 Å². The number of aldehydes is 1. The Morgan fingerprint density at radius 2 is 1.86 bits per heavy atom. The number of hydrogen-bond acceptors (Lipinski definition) is 7. The average Bonchev–Trinajstić information content (AvgIpc) is 2.87. The topological polar surface area (TPSA) is 84.6 Å². The fraction of sp³-hybridized carbons (Fsp3) is 0.483. The number of aromatic nitrogens is 2. The molecule has 2 aromatic heterocycles. The Balaban J connectivity index is 1.38. The maximum atomic E-state index is 12.3. The molecule has 0 unspecified atom stereocenters. The summed E-state index contributed by atoms with van der Waals surface area (Å²) in [6.45, 7) is 4.06. The average molecular weight is 488 g/mol. The summed E-state index contributed by atoms with van der Waals surface area (Å²) < 4.78 is 5.91. The van der Waals surface area contributed by atoms with E-state index < -0.39 is 5.41 Å². The molecular formula is C29H37N5O2. The Hall–Kier alpha value is -3.19. The molecule has 5 rings (SSSR count). The highest BCUT2D eigenvalue weighted by atomic mass is 16.5. The first-order valence-electron chi connectivity index (χ1n) is 13.2. The zero-order chi connectivity index (χ0) is 25.1. The smallest absolute Gasteiger partial charge is 0.237 e. The molecule has 0 amide bonds. The first-order chi connectivity index (χ1) is 17.5. The van der Waals surface area contributed by atoms with Gasteiger partial charge in [0.05, 0.1) is 35.1 Å². The van der Waals surface area contributed by atoms with Crippen LogP contribution in [0.4, 0.5) is 11.4 Å². The molecule has 0 spiro atoms. The number of carbonyl (C=O) groups is 1. The van der Waals surface area contributed by atoms with Gasteiger partial charge in [-0.2, -0.15) is 0 Å². The highest BCUT2D eigenvalue weighted by Gasteiger charge is 2.42. The van der Waals surface area contributed by atoms with Crippen LogP contribution in [0, 0.1) is 0 Å². The Kier molecular flexibility index (Phi) is 7.10. The molecule has 1 saturated carbocycles. The summed E-state index contributed by atoms with van der Waals surface area (Å²) >= 11 is 0. The molecular weight excluding hydrogens is 450 g/mol. The summed E-state index contributed by atoms with van der Waals surface area (Å²) in [5.74, 6) is 0.491. The summed E-state index contributed by atoms with van der Waals surface area (Å²) in [4.78, 5) is 26.1. The predicted molar refractivity (Wildman–Crippen MR) is 146 cm³/mol. The van der Waals surface area contributed by atoms with Crippen molar-refractivity contribution in [1.82, 2.24) is 14.9 Å². The van der Waals surface area contributed by atoms with Gasteiger partial charge < -0.3 is 25.1 Å². The number of nitrogen functional groups attached to an aromatic ring is 1. The number of fused-ring (bicyclic) bond motifs is 1. The molecule has 36 heavy (non-hydrogen) atoms. The molecule has 1 aliphatic carbocycles. The number of pyridine rings is 2. The highest BCUT2D eigenvalue weighted by Crippen LogP contribution is 2.48. The van der Waals surface area contributed by atoms with Crippen molar-refractivity contribution in [3.05, 3.63) is 42.2 Å². The first kappa shape index (κ1) is 24.5. The van der Waals surface area contributed by atoms with Crippen molar-refractivity contribution in [3.8, 4) is 17.0 Å². The van der Waals surface area contributed by atoms with Crippen LogP contribution in [0.25, 0.3) is 22.0 Å². The number of piperidine rings is 1. The van der Waals surface area contributed by atoms with Crippen LogP contribution in [-0.2, 0) is 10.2 Å². The molecule has 1 aliphatic heterocycles. The van der Waals surface area contributed by atoms with E-state index in [1.807, 2.05) is 44.7 Å². The zero-order valence-corrected chi connectivity index (χ0v) is 21.5. The molecule has 3 heterocycles. The van der Waals surface area contributed by atoms with Gasteiger partial charge in [0, 0.05) is 37.8 Å². The lowest BCUT2D eigenvalue weighted by Gasteiger charge is -2.40. The van der Waals surface area contributed by atoms with Crippen LogP contribution >= 0.6 is 0 Å². The summed E-state index contributed by atoms with van der Waals surface area (Å²) in [5, 5.41) is 1.02. The van der Waals surface area contributed by atoms with E-state index in [2.05, 4.69) is 25.8 Å². The van der Waals surface area contributed by atoms with Gasteiger partial charge in [-0.3, -0.25) is 4.98 Å². The van der Waals surface area contributed by atoms with Crippen molar-refractivity contribution in [3.63, 3.8) is 0 Å². The maximum absolute atomic E-state index is 12.3. The van der Waals surface area contributed by atoms with Gasteiger partial charge in [-0.05, 0) is 74.5 Å². The Morgan fingerprint density at radius 3 is 2.53 bits per heavy atom. The van der Waals surface area contributed by atoms with Crippen LogP contribution in [-0.4, -0.2) is 61.5 Å². The number of benzene rings is 1. The number of carbonyl (C=O) groups excluding carboxylic acids is 1. The molecule has 7 heteroatoms. The Labute approximate surface area is 213 Å². The number of ether oxygens (including phenoxy) is 1. The number of likely N-dealkylation sites (tertiary alicyclic amines) is 1. The molecule has 7 nitrogen and oxygen atoms in total. The minimum Gasteiger partial charge on any atom is -0.476 e. The van der Waals surface area contributed by atoms with Crippen molar-refractivity contribution < 1.29 is 9.53 Å². The number of nitrogens with two attached hydrogens (primary N) is 1. The second kappa shape index (κ2) is 10.4. The third-order valence-corrected chi connectivity index (χ3v) is 7.82. The quantitative estimate of drug-likeness (QED) is 0.342. The minimum absolute atomic E-state index is 0.442. The lowest BCUT2D eigenvalue weighted by molar-refractivity contribution is -0.115. The summed E-state index contributed by atoms with van der Waals surface area (Å²) in [5.41, 5.74) is 11.3. The van der Waals surface area contributed by atoms with Gasteiger partial charge in [-0.15, -0.1) is 0 Å². The van der Waals surface area contributed by atoms with Crippen molar-refractivity contribution in [2.45, 2.75) is 50.4 Å². The van der Waals surface area contributed by atoms with Crippen LogP contribution in [0.15, 0.2) is 36.7 Å². The summed E-state index contributed by atoms with van der Waals surface area (Å²) in [7, 11) is 4.01. The van der Waals surface area contributed by atoms with Crippen LogP contribution in [0.1, 0.15) is 50.5 Å². The van der Waals surface area contributed by atoms with E-state index in [-0.39, 0.29) is 0 Å². The van der Waals surface area contributed by atoms with Gasteiger partial charge in [-0.25, -0.2) is 4.98 Å². The molecule has 1 aromatic carbocycles. The summed E-state index contributed by atoms with van der Waals surface area (Å²) in [6, 6.07) is 8.12. The van der Waals surface area contributed by atoms with Gasteiger partial charge in [0.15, 0.2) is 0 Å². The van der Waals surface area contributed by atoms with Crippen molar-refractivity contribution in [2.24, 2.45) is 0 Å². The third-order valence-electron chi connectivity index (χ3n) is 7.82. The number of rotatable bonds is 9. The SMILES string of the molecule is CN(C)c1cnc2ccc(-c3cnc(OCCCN4CCCCC4)c(N)c3)cc2c1C1(C=O)CCC1. The van der Waals surface area contributed by atoms with E-state index in [0.29, 0.717) is 18.2 Å². The molecule has 1 saturated heterocycles. The van der Waals surface area contributed by atoms with Crippen molar-refractivity contribution >= 4 is 28.6 Å². The van der Waals surface area contributed by atoms with Crippen LogP contribution < -0.4 is 15.4 Å². The normalized spacial score (nSPS) is 17.5. The number of anilines is 2. The fourth-order valence-corrected chi connectivity index (χ4v) is 5.60. The second-order valence-corrected chi connectivity index (χ2v) is 10.5. The number of hydrogen-bond donors (Lipinski definition) is 1. The second-order valence-electron chi connectivity index (χ2n) is 10.5. The standard InChI is InChI=1S/C29H37N5O2/c1-33(2)26-19-31-25-9-8-21(16-23(25)27(26)29(20-35)10-6-11-29)22-17-24(30)28(32-18-22)36-15-7-14-34-12-4-3-5-13-34/h8-9,16-20H,3-7,10-15,30H2,1-2H3. The lowest BCUT2D eigenvalue weighted by atomic mass is 9.64. The summed E-state index contributed by atoms with van der Waals surface area (Å²) in [6.07, 6.45) is 12.6. The van der Waals surface area contributed by atoms with Crippen molar-refractivity contribution in [2.75, 3.05) is 51.0 Å². The largest absolute Gasteiger partial charge is 0.476 e. The van der Waals surface area contributed by atoms with Crippen LogP contribution in [0.2, 0.25) is 0 Å². The van der Waals surface area contributed by atoms with E-state index in [0.717, 1.165) is 71.8 Å². The molecule has 3 aromatic rings. The minimum atomic E-state index is -0.442. The monoisotopic (exact) mass is 487 g/mol. The molecule has 0 radical (unpaired) electrons. The Morgan fingerprint density at radius 1 is 1.06 bits per heavy atom. The van der Waals surface area contributed by atoms with Gasteiger partial charge >= 0.3 is 0 Å². The van der Waals surface area contributed by atoms with Gasteiger partial charge in [0.25, 0.3) is 0 Å². The van der Waals surface area contributed by atoms with Crippen LogP contribution in [0.3, 0.4) is 0 Å². The lowest BCUT2D eigenvalue weighted by Crippen LogP contribution is -2.37. The van der Waals surface area contributed by atoms with Crippen LogP contribution in [0.5, 0.6) is 5.88 Å². The van der Waals surface area contributed by atoms with E-state index in [4.69, 9.17) is 10.5 Å². The zero-order valence-electron chi connectivity index (χ0n) is 21.5. The van der Waals surface area contributed by atoms with Gasteiger partial charge in [0.1, 0.15) is 6.29 Å². The van der Waals surface area contributed by atoms with Crippen molar-refractivity contribution in [1.29, 1.82) is 0 Å². The van der Waals surface area contributed by atoms with E-state index in [1.54, 1.807) is 0 Å².